The molecule has 0 spiro atoms. The highest BCUT2D eigenvalue weighted by Gasteiger charge is 2.19. The quantitative estimate of drug-likeness (QED) is 0.403. The molecule has 0 aliphatic rings. The molecule has 0 fully saturated rings. The third-order valence-electron chi connectivity index (χ3n) is 2.63. The van der Waals surface area contributed by atoms with Crippen LogP contribution in [-0.2, 0) is 14.9 Å². The molecule has 23 heavy (non-hydrogen) atoms. The summed E-state index contributed by atoms with van der Waals surface area (Å²) in [5.74, 6) is -0.324. The molecule has 6 heteroatoms. The highest BCUT2D eigenvalue weighted by Crippen LogP contribution is 2.31. The predicted octanol–water partition coefficient (Wildman–Crippen LogP) is 1.95. The lowest BCUT2D eigenvalue weighted by Crippen LogP contribution is -2.25. The van der Waals surface area contributed by atoms with Gasteiger partial charge in [0.15, 0.2) is 0 Å². The summed E-state index contributed by atoms with van der Waals surface area (Å²) in [6, 6.07) is 7.63. The Morgan fingerprint density at radius 3 is 2.39 bits per heavy atom. The van der Waals surface area contributed by atoms with E-state index in [2.05, 4.69) is 27.4 Å². The van der Waals surface area contributed by atoms with Gasteiger partial charge < -0.3 is 24.8 Å². The molecule has 0 saturated heterocycles. The van der Waals surface area contributed by atoms with Crippen molar-refractivity contribution < 1.29 is 29.6 Å². The number of hydrogen-bond donors (Lipinski definition) is 3. The fourth-order valence-corrected chi connectivity index (χ4v) is 1.62. The number of aliphatic hydroxyl groups excluding tert-OH is 2. The van der Waals surface area contributed by atoms with Gasteiger partial charge in [0.05, 0.1) is 13.2 Å². The maximum atomic E-state index is 9.69. The second kappa shape index (κ2) is 10.8. The van der Waals surface area contributed by atoms with E-state index in [1.54, 1.807) is 0 Å². The van der Waals surface area contributed by atoms with Gasteiger partial charge in [0.1, 0.15) is 12.4 Å². The smallest absolute Gasteiger partial charge is 0.327 e. The zero-order chi connectivity index (χ0) is 17.9. The van der Waals surface area contributed by atoms with E-state index in [4.69, 9.17) is 19.7 Å². The summed E-state index contributed by atoms with van der Waals surface area (Å²) in [6.07, 6.45) is -0.194. The van der Waals surface area contributed by atoms with Crippen molar-refractivity contribution in [3.63, 3.8) is 0 Å². The van der Waals surface area contributed by atoms with Crippen LogP contribution in [0.15, 0.2) is 36.9 Å². The van der Waals surface area contributed by atoms with Crippen molar-refractivity contribution in [1.82, 2.24) is 0 Å². The Morgan fingerprint density at radius 2 is 1.91 bits per heavy atom. The van der Waals surface area contributed by atoms with Gasteiger partial charge in [-0.05, 0) is 17.0 Å². The van der Waals surface area contributed by atoms with E-state index in [0.29, 0.717) is 5.75 Å². The van der Waals surface area contributed by atoms with Crippen LogP contribution in [0.3, 0.4) is 0 Å². The van der Waals surface area contributed by atoms with Crippen molar-refractivity contribution in [2.45, 2.75) is 32.5 Å². The Hall–Kier alpha value is -1.89. The van der Waals surface area contributed by atoms with Crippen LogP contribution >= 0.6 is 0 Å². The van der Waals surface area contributed by atoms with Crippen LogP contribution in [-0.4, -0.2) is 47.4 Å². The van der Waals surface area contributed by atoms with Gasteiger partial charge >= 0.3 is 5.97 Å². The first kappa shape index (κ1) is 21.1. The van der Waals surface area contributed by atoms with Crippen LogP contribution in [0.2, 0.25) is 0 Å². The molecule has 130 valence electrons. The summed E-state index contributed by atoms with van der Waals surface area (Å²) in [7, 11) is 0. The zero-order valence-corrected chi connectivity index (χ0v) is 13.9. The van der Waals surface area contributed by atoms with E-state index in [1.807, 2.05) is 24.3 Å². The van der Waals surface area contributed by atoms with Gasteiger partial charge in [-0.1, -0.05) is 45.5 Å². The number of carboxylic acid groups (broad SMARTS) is 1. The molecule has 1 atom stereocenters. The average molecular weight is 326 g/mol. The number of rotatable bonds is 7. The lowest BCUT2D eigenvalue weighted by molar-refractivity contribution is -0.131. The van der Waals surface area contributed by atoms with Crippen molar-refractivity contribution in [2.24, 2.45) is 0 Å². The molecule has 0 aromatic heterocycles. The number of aliphatic hydroxyl groups is 2. The molecule has 0 heterocycles. The molecular formula is C17H26O6. The summed E-state index contributed by atoms with van der Waals surface area (Å²) < 4.78 is 10.5. The van der Waals surface area contributed by atoms with Crippen molar-refractivity contribution in [3.05, 3.63) is 42.5 Å². The number of aliphatic carboxylic acids is 1. The summed E-state index contributed by atoms with van der Waals surface area (Å²) >= 11 is 0. The number of ether oxygens (including phenoxy) is 2. The molecule has 1 rings (SSSR count). The van der Waals surface area contributed by atoms with Gasteiger partial charge in [-0.25, -0.2) is 4.79 Å². The minimum absolute atomic E-state index is 0.0407. The van der Waals surface area contributed by atoms with Gasteiger partial charge in [-0.2, -0.15) is 0 Å². The largest absolute Gasteiger partial charge is 0.478 e. The average Bonchev–Trinajstić information content (AvgIpc) is 2.47. The normalized spacial score (nSPS) is 11.9. The standard InChI is InChI=1S/C14H22O4.C3H4O2/c1-14(2,3)11-6-4-5-7-12(11)18-13(16)10-17-9-8-15;1-2-3(4)5/h4-7,13,15-16H,8-10H2,1-3H3;2H,1H2,(H,4,5). The minimum Gasteiger partial charge on any atom is -0.478 e. The van der Waals surface area contributed by atoms with Gasteiger partial charge in [0.25, 0.3) is 0 Å². The van der Waals surface area contributed by atoms with Gasteiger partial charge in [-0.3, -0.25) is 0 Å². The number of para-hydroxylation sites is 1. The van der Waals surface area contributed by atoms with Gasteiger partial charge in [0.2, 0.25) is 6.29 Å². The molecule has 1 aromatic rings. The fourth-order valence-electron chi connectivity index (χ4n) is 1.62. The summed E-state index contributed by atoms with van der Waals surface area (Å²) in [5, 5.41) is 25.9. The molecule has 1 aromatic carbocycles. The molecule has 0 radical (unpaired) electrons. The van der Waals surface area contributed by atoms with Gasteiger partial charge in [0, 0.05) is 6.08 Å². The predicted molar refractivity (Wildman–Crippen MR) is 87.5 cm³/mol. The van der Waals surface area contributed by atoms with Gasteiger partial charge in [-0.15, -0.1) is 0 Å². The van der Waals surface area contributed by atoms with Crippen molar-refractivity contribution in [1.29, 1.82) is 0 Å². The minimum atomic E-state index is -1.03. The summed E-state index contributed by atoms with van der Waals surface area (Å²) in [6.45, 7) is 9.39. The lowest BCUT2D eigenvalue weighted by atomic mass is 9.86. The van der Waals surface area contributed by atoms with Crippen LogP contribution in [0.5, 0.6) is 5.75 Å². The Kier molecular flexibility index (Phi) is 9.89. The monoisotopic (exact) mass is 326 g/mol. The van der Waals surface area contributed by atoms with Crippen LogP contribution < -0.4 is 4.74 Å². The number of carboxylic acids is 1. The lowest BCUT2D eigenvalue weighted by Gasteiger charge is -2.24. The van der Waals surface area contributed by atoms with Crippen molar-refractivity contribution >= 4 is 5.97 Å². The van der Waals surface area contributed by atoms with E-state index in [0.717, 1.165) is 11.6 Å². The molecule has 0 bridgehead atoms. The summed E-state index contributed by atoms with van der Waals surface area (Å²) in [5.41, 5.74) is 0.980. The Balaban J connectivity index is 0.000000841. The van der Waals surface area contributed by atoms with E-state index < -0.39 is 12.3 Å². The summed E-state index contributed by atoms with van der Waals surface area (Å²) in [4.78, 5) is 9.25. The fraction of sp³-hybridized carbons (Fsp3) is 0.471. The molecule has 0 amide bonds. The highest BCUT2D eigenvalue weighted by atomic mass is 16.6. The molecule has 1 unspecified atom stereocenters. The van der Waals surface area contributed by atoms with Crippen LogP contribution in [0.25, 0.3) is 0 Å². The SMILES string of the molecule is C=CC(=O)O.CC(C)(C)c1ccccc1OC(O)COCCO. The van der Waals surface area contributed by atoms with E-state index in [9.17, 15) is 9.90 Å². The van der Waals surface area contributed by atoms with Crippen LogP contribution in [0.1, 0.15) is 26.3 Å². The molecule has 3 N–H and O–H groups in total. The molecular weight excluding hydrogens is 300 g/mol. The maximum absolute atomic E-state index is 9.69. The Labute approximate surface area is 137 Å². The number of hydrogen-bond acceptors (Lipinski definition) is 5. The molecule has 0 saturated carbocycles. The van der Waals surface area contributed by atoms with Crippen molar-refractivity contribution in [3.8, 4) is 5.75 Å². The van der Waals surface area contributed by atoms with E-state index >= 15 is 0 Å². The van der Waals surface area contributed by atoms with Crippen LogP contribution in [0, 0.1) is 0 Å². The van der Waals surface area contributed by atoms with Crippen LogP contribution in [0.4, 0.5) is 0 Å². The third-order valence-corrected chi connectivity index (χ3v) is 2.63. The second-order valence-electron chi connectivity index (χ2n) is 5.66. The van der Waals surface area contributed by atoms with E-state index in [1.165, 1.54) is 0 Å². The first-order chi connectivity index (χ1) is 10.7. The first-order valence-electron chi connectivity index (χ1n) is 7.20. The van der Waals surface area contributed by atoms with Crippen molar-refractivity contribution in [2.75, 3.05) is 19.8 Å². The topological polar surface area (TPSA) is 96.2 Å². The number of benzene rings is 1. The molecule has 0 aliphatic carbocycles. The molecule has 0 aliphatic heterocycles. The highest BCUT2D eigenvalue weighted by molar-refractivity contribution is 5.78. The zero-order valence-electron chi connectivity index (χ0n) is 13.9. The maximum Gasteiger partial charge on any atom is 0.327 e. The Morgan fingerprint density at radius 1 is 1.35 bits per heavy atom. The number of carbonyl (C=O) groups is 1. The third kappa shape index (κ3) is 9.67. The molecule has 6 nitrogen and oxygen atoms in total. The Bertz CT molecular complexity index is 478. The first-order valence-corrected chi connectivity index (χ1v) is 7.20. The second-order valence-corrected chi connectivity index (χ2v) is 5.66. The van der Waals surface area contributed by atoms with E-state index in [-0.39, 0.29) is 25.2 Å².